The second-order valence-corrected chi connectivity index (χ2v) is 3.62. The van der Waals surface area contributed by atoms with E-state index in [1.807, 2.05) is 12.1 Å². The van der Waals surface area contributed by atoms with E-state index in [1.54, 1.807) is 6.08 Å². The van der Waals surface area contributed by atoms with Crippen LogP contribution in [0.2, 0.25) is 0 Å². The molecule has 1 aromatic rings. The number of nitrogens with zero attached hydrogens (tertiary/aromatic N) is 2. The van der Waals surface area contributed by atoms with Gasteiger partial charge in [-0.1, -0.05) is 12.7 Å². The lowest BCUT2D eigenvalue weighted by atomic mass is 10.4. The second kappa shape index (κ2) is 4.89. The highest BCUT2D eigenvalue weighted by Crippen LogP contribution is 2.19. The van der Waals surface area contributed by atoms with Crippen molar-refractivity contribution < 1.29 is 4.74 Å². The Hall–Kier alpha value is -1.42. The fourth-order valence-electron chi connectivity index (χ4n) is 1.20. The Morgan fingerprint density at radius 2 is 2.33 bits per heavy atom. The molecule has 0 amide bonds. The van der Waals surface area contributed by atoms with Gasteiger partial charge in [0.1, 0.15) is 6.61 Å². The fourth-order valence-corrected chi connectivity index (χ4v) is 1.20. The first-order chi connectivity index (χ1) is 7.38. The third kappa shape index (κ3) is 3.32. The van der Waals surface area contributed by atoms with Crippen LogP contribution in [0.4, 0.5) is 0 Å². The minimum absolute atomic E-state index is 0.467. The number of aromatic nitrogens is 2. The Labute approximate surface area is 89.4 Å². The topological polar surface area (TPSA) is 47.0 Å². The largest absolute Gasteiger partial charge is 0.472 e. The minimum atomic E-state index is 0.467. The van der Waals surface area contributed by atoms with Gasteiger partial charge in [-0.3, -0.25) is 0 Å². The summed E-state index contributed by atoms with van der Waals surface area (Å²) in [7, 11) is 0. The average Bonchev–Trinajstić information content (AvgIpc) is 3.09. The zero-order chi connectivity index (χ0) is 10.5. The van der Waals surface area contributed by atoms with Crippen LogP contribution in [-0.2, 0) is 6.54 Å². The Bertz CT molecular complexity index is 319. The van der Waals surface area contributed by atoms with Crippen LogP contribution in [0.15, 0.2) is 24.8 Å². The Morgan fingerprint density at radius 3 is 2.93 bits per heavy atom. The highest BCUT2D eigenvalue weighted by atomic mass is 16.5. The van der Waals surface area contributed by atoms with E-state index in [4.69, 9.17) is 4.74 Å². The lowest BCUT2D eigenvalue weighted by Gasteiger charge is -2.03. The molecule has 0 saturated heterocycles. The zero-order valence-electron chi connectivity index (χ0n) is 8.65. The first kappa shape index (κ1) is 10.1. The first-order valence-corrected chi connectivity index (χ1v) is 5.18. The standard InChI is InChI=1S/C11H15N3O/c1-2-7-15-11-6-5-10(13-14-11)8-12-9-3-4-9/h2,5-6,9,12H,1,3-4,7-8H2. The van der Waals surface area contributed by atoms with Gasteiger partial charge in [0.05, 0.1) is 5.69 Å². The maximum absolute atomic E-state index is 5.24. The van der Waals surface area contributed by atoms with Crippen molar-refractivity contribution in [3.63, 3.8) is 0 Å². The van der Waals surface area contributed by atoms with Crippen molar-refractivity contribution in [3.8, 4) is 5.88 Å². The molecule has 80 valence electrons. The summed E-state index contributed by atoms with van der Waals surface area (Å²) in [5.41, 5.74) is 0.952. The van der Waals surface area contributed by atoms with Crippen LogP contribution in [0.25, 0.3) is 0 Å². The highest BCUT2D eigenvalue weighted by molar-refractivity contribution is 5.11. The molecule has 1 fully saturated rings. The van der Waals surface area contributed by atoms with Crippen LogP contribution < -0.4 is 10.1 Å². The van der Waals surface area contributed by atoms with Crippen molar-refractivity contribution in [2.24, 2.45) is 0 Å². The predicted molar refractivity (Wildman–Crippen MR) is 57.6 cm³/mol. The van der Waals surface area contributed by atoms with E-state index in [1.165, 1.54) is 12.8 Å². The second-order valence-electron chi connectivity index (χ2n) is 3.62. The van der Waals surface area contributed by atoms with Crippen molar-refractivity contribution in [1.29, 1.82) is 0 Å². The van der Waals surface area contributed by atoms with Gasteiger partial charge in [-0.25, -0.2) is 0 Å². The van der Waals surface area contributed by atoms with Gasteiger partial charge < -0.3 is 10.1 Å². The molecule has 0 aliphatic heterocycles. The van der Waals surface area contributed by atoms with Crippen LogP contribution in [-0.4, -0.2) is 22.8 Å². The van der Waals surface area contributed by atoms with Crippen LogP contribution in [0.5, 0.6) is 5.88 Å². The SMILES string of the molecule is C=CCOc1ccc(CNC2CC2)nn1. The third-order valence-electron chi connectivity index (χ3n) is 2.19. The van der Waals surface area contributed by atoms with E-state index < -0.39 is 0 Å². The molecule has 4 nitrogen and oxygen atoms in total. The van der Waals surface area contributed by atoms with Crippen LogP contribution in [0.1, 0.15) is 18.5 Å². The van der Waals surface area contributed by atoms with Gasteiger partial charge in [0.25, 0.3) is 0 Å². The number of nitrogens with one attached hydrogen (secondary N) is 1. The van der Waals surface area contributed by atoms with Gasteiger partial charge in [-0.05, 0) is 18.9 Å². The monoisotopic (exact) mass is 205 g/mol. The number of hydrogen-bond donors (Lipinski definition) is 1. The van der Waals surface area contributed by atoms with Gasteiger partial charge in [0, 0.05) is 18.7 Å². The summed E-state index contributed by atoms with van der Waals surface area (Å²) in [6.45, 7) is 4.82. The number of hydrogen-bond acceptors (Lipinski definition) is 4. The van der Waals surface area contributed by atoms with Crippen molar-refractivity contribution >= 4 is 0 Å². The molecule has 0 unspecified atom stereocenters. The Balaban J connectivity index is 1.82. The van der Waals surface area contributed by atoms with Crippen LogP contribution >= 0.6 is 0 Å². The molecule has 0 radical (unpaired) electrons. The van der Waals surface area contributed by atoms with Crippen molar-refractivity contribution in [3.05, 3.63) is 30.5 Å². The van der Waals surface area contributed by atoms with Gasteiger partial charge in [-0.2, -0.15) is 5.10 Å². The third-order valence-corrected chi connectivity index (χ3v) is 2.19. The lowest BCUT2D eigenvalue weighted by molar-refractivity contribution is 0.343. The van der Waals surface area contributed by atoms with E-state index >= 15 is 0 Å². The van der Waals surface area contributed by atoms with Gasteiger partial charge >= 0.3 is 0 Å². The lowest BCUT2D eigenvalue weighted by Crippen LogP contribution is -2.16. The Kier molecular flexibility index (Phi) is 3.29. The zero-order valence-corrected chi connectivity index (χ0v) is 8.65. The molecule has 0 aromatic carbocycles. The summed E-state index contributed by atoms with van der Waals surface area (Å²) >= 11 is 0. The average molecular weight is 205 g/mol. The van der Waals surface area contributed by atoms with Gasteiger partial charge in [0.15, 0.2) is 0 Å². The quantitative estimate of drug-likeness (QED) is 0.711. The summed E-state index contributed by atoms with van der Waals surface area (Å²) in [6.07, 6.45) is 4.26. The molecule has 1 aliphatic carbocycles. The molecule has 2 rings (SSSR count). The summed E-state index contributed by atoms with van der Waals surface area (Å²) < 4.78 is 5.24. The molecule has 15 heavy (non-hydrogen) atoms. The predicted octanol–water partition coefficient (Wildman–Crippen LogP) is 1.29. The molecule has 0 spiro atoms. The normalized spacial score (nSPS) is 14.9. The fraction of sp³-hybridized carbons (Fsp3) is 0.455. The summed E-state index contributed by atoms with van der Waals surface area (Å²) in [6, 6.07) is 4.46. The van der Waals surface area contributed by atoms with Crippen molar-refractivity contribution in [1.82, 2.24) is 15.5 Å². The van der Waals surface area contributed by atoms with Gasteiger partial charge in [-0.15, -0.1) is 5.10 Å². The maximum atomic E-state index is 5.24. The smallest absolute Gasteiger partial charge is 0.233 e. The number of rotatable bonds is 6. The maximum Gasteiger partial charge on any atom is 0.233 e. The van der Waals surface area contributed by atoms with Crippen LogP contribution in [0.3, 0.4) is 0 Å². The molecule has 1 N–H and O–H groups in total. The van der Waals surface area contributed by atoms with E-state index in [0.717, 1.165) is 12.2 Å². The minimum Gasteiger partial charge on any atom is -0.472 e. The molecular formula is C11H15N3O. The first-order valence-electron chi connectivity index (χ1n) is 5.18. The van der Waals surface area contributed by atoms with Crippen molar-refractivity contribution in [2.75, 3.05) is 6.61 Å². The molecule has 1 heterocycles. The highest BCUT2D eigenvalue weighted by Gasteiger charge is 2.20. The van der Waals surface area contributed by atoms with E-state index in [0.29, 0.717) is 18.5 Å². The molecule has 1 saturated carbocycles. The van der Waals surface area contributed by atoms with E-state index in [9.17, 15) is 0 Å². The summed E-state index contributed by atoms with van der Waals surface area (Å²) in [4.78, 5) is 0. The molecule has 0 atom stereocenters. The van der Waals surface area contributed by atoms with Crippen LogP contribution in [0, 0.1) is 0 Å². The summed E-state index contributed by atoms with van der Waals surface area (Å²) in [5, 5.41) is 11.4. The van der Waals surface area contributed by atoms with Gasteiger partial charge in [0.2, 0.25) is 5.88 Å². The molecule has 1 aromatic heterocycles. The molecule has 1 aliphatic rings. The van der Waals surface area contributed by atoms with E-state index in [2.05, 4.69) is 22.1 Å². The van der Waals surface area contributed by atoms with Crippen molar-refractivity contribution in [2.45, 2.75) is 25.4 Å². The Morgan fingerprint density at radius 1 is 1.47 bits per heavy atom. The molecule has 0 bridgehead atoms. The van der Waals surface area contributed by atoms with E-state index in [-0.39, 0.29) is 0 Å². The molecule has 4 heteroatoms. The molecular weight excluding hydrogens is 190 g/mol. The number of ether oxygens (including phenoxy) is 1. The summed E-state index contributed by atoms with van der Waals surface area (Å²) in [5.74, 6) is 0.546.